The van der Waals surface area contributed by atoms with Crippen molar-refractivity contribution in [3.63, 3.8) is 0 Å². The number of benzene rings is 2. The summed E-state index contributed by atoms with van der Waals surface area (Å²) in [6.45, 7) is 6.43. The largest absolute Gasteiger partial charge is 0.0763 e. The van der Waals surface area contributed by atoms with Crippen LogP contribution in [0.1, 0.15) is 35.6 Å². The van der Waals surface area contributed by atoms with Crippen molar-refractivity contribution < 1.29 is 0 Å². The highest BCUT2D eigenvalue weighted by Crippen LogP contribution is 2.24. The zero-order chi connectivity index (χ0) is 13.0. The molecule has 0 bridgehead atoms. The van der Waals surface area contributed by atoms with Crippen LogP contribution in [-0.4, -0.2) is 0 Å². The first-order chi connectivity index (χ1) is 8.70. The zero-order valence-electron chi connectivity index (χ0n) is 11.4. The zero-order valence-corrected chi connectivity index (χ0v) is 11.4. The van der Waals surface area contributed by atoms with Gasteiger partial charge in [0.2, 0.25) is 0 Å². The van der Waals surface area contributed by atoms with Crippen molar-refractivity contribution in [3.05, 3.63) is 76.9 Å². The van der Waals surface area contributed by atoms with Crippen LogP contribution in [-0.2, 0) is 0 Å². The van der Waals surface area contributed by atoms with E-state index in [1.165, 1.54) is 27.8 Å². The summed E-state index contributed by atoms with van der Waals surface area (Å²) in [5.74, 6) is 0. The van der Waals surface area contributed by atoms with Gasteiger partial charge in [0.15, 0.2) is 0 Å². The molecule has 0 heteroatoms. The van der Waals surface area contributed by atoms with Gasteiger partial charge in [-0.05, 0) is 37.0 Å². The molecule has 0 aliphatic rings. The van der Waals surface area contributed by atoms with E-state index in [0.717, 1.165) is 6.42 Å². The standard InChI is InChI=1S/C18H20/c1-4-5-18(16-10-6-14(2)7-11-16)17-12-8-15(3)9-13-17/h5-13H,4H2,1-3H3. The van der Waals surface area contributed by atoms with Gasteiger partial charge in [0, 0.05) is 0 Å². The lowest BCUT2D eigenvalue weighted by Gasteiger charge is -2.09. The molecule has 0 aliphatic heterocycles. The Morgan fingerprint density at radius 1 is 0.778 bits per heavy atom. The highest BCUT2D eigenvalue weighted by atomic mass is 14.1. The minimum absolute atomic E-state index is 1.05. The normalized spacial score (nSPS) is 10.2. The van der Waals surface area contributed by atoms with E-state index >= 15 is 0 Å². The van der Waals surface area contributed by atoms with Gasteiger partial charge in [-0.1, -0.05) is 72.7 Å². The molecule has 0 saturated carbocycles. The van der Waals surface area contributed by atoms with Gasteiger partial charge in [-0.2, -0.15) is 0 Å². The average Bonchev–Trinajstić information content (AvgIpc) is 2.39. The van der Waals surface area contributed by atoms with Crippen LogP contribution in [0.25, 0.3) is 5.57 Å². The molecule has 0 nitrogen and oxygen atoms in total. The average molecular weight is 236 g/mol. The molecule has 0 N–H and O–H groups in total. The quantitative estimate of drug-likeness (QED) is 0.691. The summed E-state index contributed by atoms with van der Waals surface area (Å²) in [4.78, 5) is 0. The van der Waals surface area contributed by atoms with Gasteiger partial charge in [-0.3, -0.25) is 0 Å². The topological polar surface area (TPSA) is 0 Å². The SMILES string of the molecule is CCC=C(c1ccc(C)cc1)c1ccc(C)cc1. The van der Waals surface area contributed by atoms with E-state index in [1.807, 2.05) is 0 Å². The van der Waals surface area contributed by atoms with E-state index in [4.69, 9.17) is 0 Å². The number of allylic oxidation sites excluding steroid dienone is 1. The lowest BCUT2D eigenvalue weighted by atomic mass is 9.95. The maximum atomic E-state index is 2.30. The van der Waals surface area contributed by atoms with Gasteiger partial charge < -0.3 is 0 Å². The fraction of sp³-hybridized carbons (Fsp3) is 0.222. The third-order valence-electron chi connectivity index (χ3n) is 3.13. The van der Waals surface area contributed by atoms with Crippen molar-refractivity contribution >= 4 is 5.57 Å². The second-order valence-corrected chi connectivity index (χ2v) is 4.76. The van der Waals surface area contributed by atoms with Crippen LogP contribution in [0.3, 0.4) is 0 Å². The highest BCUT2D eigenvalue weighted by molar-refractivity contribution is 5.79. The van der Waals surface area contributed by atoms with Crippen LogP contribution in [0.5, 0.6) is 0 Å². The van der Waals surface area contributed by atoms with Crippen molar-refractivity contribution in [3.8, 4) is 0 Å². The Kier molecular flexibility index (Phi) is 3.99. The molecule has 0 atom stereocenters. The van der Waals surface area contributed by atoms with Crippen LogP contribution in [0.4, 0.5) is 0 Å². The Labute approximate surface area is 110 Å². The number of hydrogen-bond acceptors (Lipinski definition) is 0. The van der Waals surface area contributed by atoms with Crippen molar-refractivity contribution in [1.29, 1.82) is 0 Å². The lowest BCUT2D eigenvalue weighted by Crippen LogP contribution is -1.89. The lowest BCUT2D eigenvalue weighted by molar-refractivity contribution is 1.22. The Balaban J connectivity index is 2.43. The van der Waals surface area contributed by atoms with Crippen molar-refractivity contribution in [1.82, 2.24) is 0 Å². The summed E-state index contributed by atoms with van der Waals surface area (Å²) >= 11 is 0. The van der Waals surface area contributed by atoms with Crippen LogP contribution in [0.15, 0.2) is 54.6 Å². The van der Waals surface area contributed by atoms with E-state index < -0.39 is 0 Å². The molecule has 0 aliphatic carbocycles. The summed E-state index contributed by atoms with van der Waals surface area (Å²) < 4.78 is 0. The minimum Gasteiger partial charge on any atom is -0.0763 e. The molecule has 0 saturated heterocycles. The minimum atomic E-state index is 1.05. The first kappa shape index (κ1) is 12.6. The fourth-order valence-electron chi connectivity index (χ4n) is 2.07. The van der Waals surface area contributed by atoms with Crippen molar-refractivity contribution in [2.75, 3.05) is 0 Å². The fourth-order valence-corrected chi connectivity index (χ4v) is 2.07. The van der Waals surface area contributed by atoms with E-state index in [9.17, 15) is 0 Å². The summed E-state index contributed by atoms with van der Waals surface area (Å²) in [6, 6.07) is 17.5. The second-order valence-electron chi connectivity index (χ2n) is 4.76. The Morgan fingerprint density at radius 3 is 1.50 bits per heavy atom. The number of hydrogen-bond donors (Lipinski definition) is 0. The highest BCUT2D eigenvalue weighted by Gasteiger charge is 2.03. The monoisotopic (exact) mass is 236 g/mol. The molecule has 0 heterocycles. The predicted molar refractivity (Wildman–Crippen MR) is 79.7 cm³/mol. The summed E-state index contributed by atoms with van der Waals surface area (Å²) in [7, 11) is 0. The molecule has 18 heavy (non-hydrogen) atoms. The van der Waals surface area contributed by atoms with Gasteiger partial charge >= 0.3 is 0 Å². The summed E-state index contributed by atoms with van der Waals surface area (Å²) in [5, 5.41) is 0. The van der Waals surface area contributed by atoms with Gasteiger partial charge in [0.05, 0.1) is 0 Å². The Morgan fingerprint density at radius 2 is 1.17 bits per heavy atom. The molecule has 0 fully saturated rings. The first-order valence-corrected chi connectivity index (χ1v) is 6.55. The number of aryl methyl sites for hydroxylation is 2. The molecule has 0 radical (unpaired) electrons. The van der Waals surface area contributed by atoms with Gasteiger partial charge in [0.25, 0.3) is 0 Å². The molecule has 2 rings (SSSR count). The number of rotatable bonds is 3. The second kappa shape index (κ2) is 5.68. The maximum Gasteiger partial charge on any atom is -0.0151 e. The van der Waals surface area contributed by atoms with Crippen LogP contribution in [0, 0.1) is 13.8 Å². The van der Waals surface area contributed by atoms with Crippen molar-refractivity contribution in [2.24, 2.45) is 0 Å². The molecule has 2 aromatic rings. The van der Waals surface area contributed by atoms with Gasteiger partial charge in [-0.15, -0.1) is 0 Å². The molecule has 92 valence electrons. The third kappa shape index (κ3) is 2.89. The molecule has 2 aromatic carbocycles. The van der Waals surface area contributed by atoms with E-state index in [0.29, 0.717) is 0 Å². The van der Waals surface area contributed by atoms with E-state index in [-0.39, 0.29) is 0 Å². The molecular weight excluding hydrogens is 216 g/mol. The molecule has 0 spiro atoms. The smallest absolute Gasteiger partial charge is 0.0151 e. The van der Waals surface area contributed by atoms with E-state index in [1.54, 1.807) is 0 Å². The predicted octanol–water partition coefficient (Wildman–Crippen LogP) is 5.15. The van der Waals surface area contributed by atoms with Gasteiger partial charge in [-0.25, -0.2) is 0 Å². The summed E-state index contributed by atoms with van der Waals surface area (Å²) in [6.07, 6.45) is 3.35. The molecule has 0 unspecified atom stereocenters. The van der Waals surface area contributed by atoms with Crippen LogP contribution < -0.4 is 0 Å². The third-order valence-corrected chi connectivity index (χ3v) is 3.13. The van der Waals surface area contributed by atoms with Crippen molar-refractivity contribution in [2.45, 2.75) is 27.2 Å². The molecule has 0 amide bonds. The Bertz CT molecular complexity index is 480. The van der Waals surface area contributed by atoms with E-state index in [2.05, 4.69) is 75.4 Å². The Hall–Kier alpha value is -1.82. The van der Waals surface area contributed by atoms with Crippen LogP contribution in [0.2, 0.25) is 0 Å². The van der Waals surface area contributed by atoms with Gasteiger partial charge in [0.1, 0.15) is 0 Å². The van der Waals surface area contributed by atoms with Crippen LogP contribution >= 0.6 is 0 Å². The molecular formula is C18H20. The molecule has 0 aromatic heterocycles. The summed E-state index contributed by atoms with van der Waals surface area (Å²) in [5.41, 5.74) is 6.53. The first-order valence-electron chi connectivity index (χ1n) is 6.55. The maximum absolute atomic E-state index is 2.30.